The van der Waals surface area contributed by atoms with Crippen LogP contribution in [0.25, 0.3) is 0 Å². The highest BCUT2D eigenvalue weighted by Gasteiger charge is 1.96. The van der Waals surface area contributed by atoms with Crippen molar-refractivity contribution in [1.82, 2.24) is 0 Å². The Bertz CT molecular complexity index is 451. The summed E-state index contributed by atoms with van der Waals surface area (Å²) in [4.78, 5) is 10.3. The molecule has 0 aromatic heterocycles. The van der Waals surface area contributed by atoms with E-state index in [1.165, 1.54) is 0 Å². The van der Waals surface area contributed by atoms with Gasteiger partial charge in [-0.15, -0.1) is 0 Å². The zero-order valence-electron chi connectivity index (χ0n) is 10.3. The molecule has 0 fully saturated rings. The molecule has 2 rings (SSSR count). The van der Waals surface area contributed by atoms with E-state index in [0.717, 1.165) is 16.9 Å². The van der Waals surface area contributed by atoms with Gasteiger partial charge in [-0.2, -0.15) is 0 Å². The van der Waals surface area contributed by atoms with Crippen LogP contribution in [0, 0.1) is 0 Å². The molecule has 0 heterocycles. The Morgan fingerprint density at radius 1 is 0.722 bits per heavy atom. The summed E-state index contributed by atoms with van der Waals surface area (Å²) in [5, 5.41) is 0. The molecule has 0 saturated carbocycles. The Morgan fingerprint density at radius 2 is 1.28 bits per heavy atom. The summed E-state index contributed by atoms with van der Waals surface area (Å²) in [6.07, 6.45) is 0. The lowest BCUT2D eigenvalue weighted by Crippen LogP contribution is -1.96. The highest BCUT2D eigenvalue weighted by molar-refractivity contribution is 5.26. The van der Waals surface area contributed by atoms with Crippen molar-refractivity contribution in [3.8, 4) is 5.75 Å². The van der Waals surface area contributed by atoms with Crippen LogP contribution in [0.3, 0.4) is 0 Å². The summed E-state index contributed by atoms with van der Waals surface area (Å²) >= 11 is 0. The number of benzene rings is 2. The molecule has 0 aliphatic carbocycles. The van der Waals surface area contributed by atoms with Gasteiger partial charge in [0, 0.05) is 0 Å². The van der Waals surface area contributed by atoms with Gasteiger partial charge < -0.3 is 4.74 Å². The summed E-state index contributed by atoms with van der Waals surface area (Å²) in [5.41, 5.74) is 2.14. The number of rotatable bonds is 6. The van der Waals surface area contributed by atoms with Gasteiger partial charge in [-0.05, 0) is 23.3 Å². The monoisotopic (exact) mass is 244 g/mol. The molecule has 0 radical (unpaired) electrons. The fraction of sp³-hybridized carbons (Fsp3) is 0.200. The maximum Gasteiger partial charge on any atom is 0.118 e. The van der Waals surface area contributed by atoms with Gasteiger partial charge in [-0.3, -0.25) is 0 Å². The van der Waals surface area contributed by atoms with E-state index in [2.05, 4.69) is 0 Å². The van der Waals surface area contributed by atoms with Crippen LogP contribution in [-0.2, 0) is 23.0 Å². The molecule has 0 unspecified atom stereocenters. The predicted molar refractivity (Wildman–Crippen MR) is 69.0 cm³/mol. The highest BCUT2D eigenvalue weighted by Crippen LogP contribution is 2.12. The number of methoxy groups -OCH3 is 1. The molecular weight excluding hydrogens is 228 g/mol. The highest BCUT2D eigenvalue weighted by atomic mass is 17.2. The number of ether oxygens (including phenoxy) is 1. The van der Waals surface area contributed by atoms with Gasteiger partial charge in [0.15, 0.2) is 0 Å². The van der Waals surface area contributed by atoms with Crippen LogP contribution in [0.1, 0.15) is 11.1 Å². The second kappa shape index (κ2) is 6.79. The van der Waals surface area contributed by atoms with E-state index in [-0.39, 0.29) is 0 Å². The van der Waals surface area contributed by atoms with Gasteiger partial charge in [0.2, 0.25) is 0 Å². The Morgan fingerprint density at radius 3 is 1.83 bits per heavy atom. The van der Waals surface area contributed by atoms with Gasteiger partial charge in [0.25, 0.3) is 0 Å². The van der Waals surface area contributed by atoms with E-state index in [1.54, 1.807) is 7.11 Å². The molecule has 0 aliphatic rings. The quantitative estimate of drug-likeness (QED) is 0.443. The molecule has 0 aliphatic heterocycles. The van der Waals surface area contributed by atoms with Crippen molar-refractivity contribution in [1.29, 1.82) is 0 Å². The zero-order chi connectivity index (χ0) is 12.6. The predicted octanol–water partition coefficient (Wildman–Crippen LogP) is 3.34. The normalized spacial score (nSPS) is 10.3. The summed E-state index contributed by atoms with van der Waals surface area (Å²) in [5.74, 6) is 0.837. The van der Waals surface area contributed by atoms with E-state index in [1.807, 2.05) is 54.6 Å². The fourth-order valence-corrected chi connectivity index (χ4v) is 1.52. The maximum atomic E-state index is 5.16. The molecule has 0 amide bonds. The van der Waals surface area contributed by atoms with Crippen molar-refractivity contribution in [2.24, 2.45) is 0 Å². The molecule has 2 aromatic carbocycles. The second-order valence-corrected chi connectivity index (χ2v) is 3.86. The first-order chi connectivity index (χ1) is 8.88. The first kappa shape index (κ1) is 12.6. The largest absolute Gasteiger partial charge is 0.497 e. The van der Waals surface area contributed by atoms with E-state index < -0.39 is 0 Å². The fourth-order valence-electron chi connectivity index (χ4n) is 1.52. The van der Waals surface area contributed by atoms with Crippen LogP contribution >= 0.6 is 0 Å². The zero-order valence-corrected chi connectivity index (χ0v) is 10.3. The van der Waals surface area contributed by atoms with Crippen LogP contribution in [0.2, 0.25) is 0 Å². The molecule has 18 heavy (non-hydrogen) atoms. The van der Waals surface area contributed by atoms with Gasteiger partial charge in [-0.25, -0.2) is 9.78 Å². The Kier molecular flexibility index (Phi) is 4.76. The molecule has 94 valence electrons. The minimum absolute atomic E-state index is 0.427. The van der Waals surface area contributed by atoms with Crippen LogP contribution in [0.5, 0.6) is 5.75 Å². The van der Waals surface area contributed by atoms with Gasteiger partial charge in [0.05, 0.1) is 7.11 Å². The third-order valence-corrected chi connectivity index (χ3v) is 2.54. The lowest BCUT2D eigenvalue weighted by molar-refractivity contribution is -0.313. The molecule has 0 N–H and O–H groups in total. The average Bonchev–Trinajstić information content (AvgIpc) is 2.45. The molecule has 0 bridgehead atoms. The molecule has 2 aromatic rings. The molecular formula is C15H16O3. The smallest absolute Gasteiger partial charge is 0.118 e. The van der Waals surface area contributed by atoms with Gasteiger partial charge in [-0.1, -0.05) is 42.5 Å². The van der Waals surface area contributed by atoms with Crippen molar-refractivity contribution >= 4 is 0 Å². The van der Waals surface area contributed by atoms with E-state index in [4.69, 9.17) is 14.5 Å². The van der Waals surface area contributed by atoms with Crippen molar-refractivity contribution in [3.05, 3.63) is 65.7 Å². The van der Waals surface area contributed by atoms with Gasteiger partial charge in [0.1, 0.15) is 19.0 Å². The maximum absolute atomic E-state index is 5.16. The SMILES string of the molecule is COc1ccc(COOCc2ccccc2)cc1. The third kappa shape index (κ3) is 3.87. The molecule has 3 nitrogen and oxygen atoms in total. The van der Waals surface area contributed by atoms with Crippen LogP contribution in [-0.4, -0.2) is 7.11 Å². The molecule has 0 spiro atoms. The van der Waals surface area contributed by atoms with E-state index in [9.17, 15) is 0 Å². The van der Waals surface area contributed by atoms with Gasteiger partial charge >= 0.3 is 0 Å². The Balaban J connectivity index is 1.72. The standard InChI is InChI=1S/C15H16O3/c1-16-15-9-7-14(8-10-15)12-18-17-11-13-5-3-2-4-6-13/h2-10H,11-12H2,1H3. The van der Waals surface area contributed by atoms with Crippen molar-refractivity contribution in [3.63, 3.8) is 0 Å². The summed E-state index contributed by atoms with van der Waals surface area (Å²) in [6.45, 7) is 0.883. The minimum atomic E-state index is 0.427. The summed E-state index contributed by atoms with van der Waals surface area (Å²) in [7, 11) is 1.65. The number of hydrogen-bond donors (Lipinski definition) is 0. The summed E-state index contributed by atoms with van der Waals surface area (Å²) in [6, 6.07) is 17.6. The molecule has 0 saturated heterocycles. The van der Waals surface area contributed by atoms with Crippen LogP contribution < -0.4 is 4.74 Å². The Hall–Kier alpha value is -1.84. The van der Waals surface area contributed by atoms with Crippen LogP contribution in [0.4, 0.5) is 0 Å². The third-order valence-electron chi connectivity index (χ3n) is 2.54. The lowest BCUT2D eigenvalue weighted by atomic mass is 10.2. The lowest BCUT2D eigenvalue weighted by Gasteiger charge is -2.05. The second-order valence-electron chi connectivity index (χ2n) is 3.86. The average molecular weight is 244 g/mol. The Labute approximate surface area is 107 Å². The summed E-state index contributed by atoms with van der Waals surface area (Å²) < 4.78 is 5.08. The molecule has 3 heteroatoms. The first-order valence-corrected chi connectivity index (χ1v) is 5.80. The minimum Gasteiger partial charge on any atom is -0.497 e. The van der Waals surface area contributed by atoms with E-state index in [0.29, 0.717) is 13.2 Å². The first-order valence-electron chi connectivity index (χ1n) is 5.80. The van der Waals surface area contributed by atoms with Crippen LogP contribution in [0.15, 0.2) is 54.6 Å². The van der Waals surface area contributed by atoms with Crippen molar-refractivity contribution in [2.75, 3.05) is 7.11 Å². The molecule has 0 atom stereocenters. The number of hydrogen-bond acceptors (Lipinski definition) is 3. The van der Waals surface area contributed by atoms with E-state index >= 15 is 0 Å². The van der Waals surface area contributed by atoms with Crippen molar-refractivity contribution < 1.29 is 14.5 Å². The topological polar surface area (TPSA) is 27.7 Å². The van der Waals surface area contributed by atoms with Crippen molar-refractivity contribution in [2.45, 2.75) is 13.2 Å².